The number of esters is 1. The van der Waals surface area contributed by atoms with Gasteiger partial charge in [0.2, 0.25) is 0 Å². The van der Waals surface area contributed by atoms with Crippen molar-refractivity contribution in [3.05, 3.63) is 11.6 Å². The number of ether oxygens (including phenoxy) is 1. The molecule has 1 N–H and O–H groups in total. The van der Waals surface area contributed by atoms with Gasteiger partial charge in [-0.2, -0.15) is 0 Å². The third kappa shape index (κ3) is 2.83. The molecule has 192 valence electrons. The lowest BCUT2D eigenvalue weighted by atomic mass is 9.33. The molecular formula is C31H50O3. The van der Waals surface area contributed by atoms with Gasteiger partial charge in [0.15, 0.2) is 0 Å². The summed E-state index contributed by atoms with van der Waals surface area (Å²) in [5.41, 5.74) is 1.91. The number of carbonyl (C=O) groups excluding carboxylic acids is 1. The molecule has 0 heterocycles. The minimum Gasteiger partial charge on any atom is -0.469 e. The van der Waals surface area contributed by atoms with Gasteiger partial charge in [0, 0.05) is 0 Å². The Morgan fingerprint density at radius 1 is 0.941 bits per heavy atom. The van der Waals surface area contributed by atoms with Gasteiger partial charge >= 0.3 is 5.97 Å². The zero-order valence-electron chi connectivity index (χ0n) is 23.2. The molecule has 0 bridgehead atoms. The average molecular weight is 471 g/mol. The van der Waals surface area contributed by atoms with Crippen LogP contribution in [0.2, 0.25) is 0 Å². The van der Waals surface area contributed by atoms with Crippen LogP contribution >= 0.6 is 0 Å². The van der Waals surface area contributed by atoms with Crippen molar-refractivity contribution in [2.24, 2.45) is 56.7 Å². The standard InChI is InChI=1S/C31H50O3/c1-19-11-16-31(26(33)34-8)18-17-29(6)21(25(31)20(19)2)9-10-23-28(5)14-13-24(32)27(3,4)22(28)12-15-30(23,29)7/h9,19-20,22-25,32H,10-18H2,1-8H3/t19-,20+,22?,23-,24-,25+,28+,29-,30-,31+/m1/s1. The molecule has 0 aromatic rings. The minimum absolute atomic E-state index is 0.0147. The smallest absolute Gasteiger partial charge is 0.312 e. The van der Waals surface area contributed by atoms with E-state index in [9.17, 15) is 9.90 Å². The van der Waals surface area contributed by atoms with Crippen LogP contribution in [0.15, 0.2) is 11.6 Å². The molecule has 34 heavy (non-hydrogen) atoms. The second kappa shape index (κ2) is 7.59. The molecule has 10 atom stereocenters. The number of aliphatic hydroxyl groups is 1. The van der Waals surface area contributed by atoms with Crippen LogP contribution in [-0.2, 0) is 9.53 Å². The van der Waals surface area contributed by atoms with Gasteiger partial charge in [-0.05, 0) is 109 Å². The zero-order chi connectivity index (χ0) is 24.9. The molecule has 0 aromatic carbocycles. The van der Waals surface area contributed by atoms with Crippen LogP contribution in [0, 0.1) is 56.7 Å². The summed E-state index contributed by atoms with van der Waals surface area (Å²) in [6.45, 7) is 17.2. The summed E-state index contributed by atoms with van der Waals surface area (Å²) in [5.74, 6) is 2.73. The number of aliphatic hydroxyl groups excluding tert-OH is 1. The van der Waals surface area contributed by atoms with Gasteiger partial charge in [-0.15, -0.1) is 0 Å². The Morgan fingerprint density at radius 3 is 2.32 bits per heavy atom. The summed E-state index contributed by atoms with van der Waals surface area (Å²) >= 11 is 0. The van der Waals surface area contributed by atoms with E-state index in [4.69, 9.17) is 4.74 Å². The van der Waals surface area contributed by atoms with E-state index in [1.165, 1.54) is 12.8 Å². The highest BCUT2D eigenvalue weighted by Crippen LogP contribution is 2.75. The van der Waals surface area contributed by atoms with E-state index in [1.807, 2.05) is 0 Å². The van der Waals surface area contributed by atoms with Crippen molar-refractivity contribution in [1.82, 2.24) is 0 Å². The van der Waals surface area contributed by atoms with Gasteiger partial charge in [-0.1, -0.05) is 60.1 Å². The van der Waals surface area contributed by atoms with Crippen LogP contribution in [0.25, 0.3) is 0 Å². The molecule has 0 amide bonds. The van der Waals surface area contributed by atoms with E-state index < -0.39 is 0 Å². The molecule has 5 aliphatic carbocycles. The lowest BCUT2D eigenvalue weighted by Gasteiger charge is -2.71. The fourth-order valence-corrected chi connectivity index (χ4v) is 11.0. The minimum atomic E-state index is -0.326. The van der Waals surface area contributed by atoms with E-state index in [1.54, 1.807) is 12.7 Å². The van der Waals surface area contributed by atoms with E-state index in [-0.39, 0.29) is 39.1 Å². The zero-order valence-corrected chi connectivity index (χ0v) is 23.2. The third-order valence-corrected chi connectivity index (χ3v) is 13.6. The van der Waals surface area contributed by atoms with Crippen molar-refractivity contribution in [2.45, 2.75) is 112 Å². The molecule has 0 radical (unpaired) electrons. The number of hydrogen-bond donors (Lipinski definition) is 1. The Hall–Kier alpha value is -0.830. The first-order chi connectivity index (χ1) is 15.8. The predicted octanol–water partition coefficient (Wildman–Crippen LogP) is 7.18. The van der Waals surface area contributed by atoms with E-state index in [2.05, 4.69) is 54.5 Å². The van der Waals surface area contributed by atoms with Crippen molar-refractivity contribution < 1.29 is 14.6 Å². The normalized spacial score (nSPS) is 54.0. The molecule has 5 aliphatic rings. The van der Waals surface area contributed by atoms with Crippen LogP contribution in [0.5, 0.6) is 0 Å². The summed E-state index contributed by atoms with van der Waals surface area (Å²) < 4.78 is 5.51. The SMILES string of the molecule is COC(=O)[C@]12CC[C@@H](C)[C@H](C)[C@H]1C1=CC[C@@H]3[C@@]4(C)CC[C@@H](O)C(C)(C)C4CC[C@@]3(C)[C@]1(C)CC2. The first kappa shape index (κ1) is 24.8. The van der Waals surface area contributed by atoms with Gasteiger partial charge < -0.3 is 9.84 Å². The number of hydrogen-bond acceptors (Lipinski definition) is 3. The molecule has 3 heteroatoms. The van der Waals surface area contributed by atoms with Gasteiger partial charge in [0.1, 0.15) is 0 Å². The fourth-order valence-electron chi connectivity index (χ4n) is 11.0. The highest BCUT2D eigenvalue weighted by Gasteiger charge is 2.69. The second-order valence-corrected chi connectivity index (χ2v) is 14.7. The van der Waals surface area contributed by atoms with Crippen LogP contribution in [0.4, 0.5) is 0 Å². The summed E-state index contributed by atoms with van der Waals surface area (Å²) in [6, 6.07) is 0. The lowest BCUT2D eigenvalue weighted by molar-refractivity contribution is -0.207. The molecule has 0 aliphatic heterocycles. The van der Waals surface area contributed by atoms with Crippen molar-refractivity contribution in [3.8, 4) is 0 Å². The first-order valence-corrected chi connectivity index (χ1v) is 14.3. The largest absolute Gasteiger partial charge is 0.469 e. The highest BCUT2D eigenvalue weighted by atomic mass is 16.5. The molecular weight excluding hydrogens is 420 g/mol. The molecule has 0 saturated heterocycles. The molecule has 4 saturated carbocycles. The van der Waals surface area contributed by atoms with Gasteiger partial charge in [0.25, 0.3) is 0 Å². The van der Waals surface area contributed by atoms with Crippen molar-refractivity contribution in [3.63, 3.8) is 0 Å². The van der Waals surface area contributed by atoms with Gasteiger partial charge in [-0.25, -0.2) is 0 Å². The van der Waals surface area contributed by atoms with Crippen LogP contribution in [0.1, 0.15) is 106 Å². The molecule has 4 fully saturated rings. The first-order valence-electron chi connectivity index (χ1n) is 14.3. The monoisotopic (exact) mass is 470 g/mol. The Balaban J connectivity index is 1.61. The van der Waals surface area contributed by atoms with Crippen molar-refractivity contribution in [2.75, 3.05) is 7.11 Å². The fraction of sp³-hybridized carbons (Fsp3) is 0.903. The molecule has 3 nitrogen and oxygen atoms in total. The molecule has 5 rings (SSSR count). The Kier molecular flexibility index (Phi) is 5.55. The maximum absolute atomic E-state index is 13.4. The summed E-state index contributed by atoms with van der Waals surface area (Å²) in [5, 5.41) is 10.9. The van der Waals surface area contributed by atoms with Gasteiger partial charge in [0.05, 0.1) is 18.6 Å². The van der Waals surface area contributed by atoms with Crippen LogP contribution in [-0.4, -0.2) is 24.3 Å². The van der Waals surface area contributed by atoms with E-state index >= 15 is 0 Å². The van der Waals surface area contributed by atoms with Crippen molar-refractivity contribution >= 4 is 5.97 Å². The maximum Gasteiger partial charge on any atom is 0.312 e. The number of methoxy groups -OCH3 is 1. The van der Waals surface area contributed by atoms with E-state index in [0.29, 0.717) is 29.6 Å². The molecule has 1 unspecified atom stereocenters. The second-order valence-electron chi connectivity index (χ2n) is 14.7. The average Bonchev–Trinajstić information content (AvgIpc) is 2.79. The highest BCUT2D eigenvalue weighted by molar-refractivity contribution is 5.78. The summed E-state index contributed by atoms with van der Waals surface area (Å²) in [6.07, 6.45) is 12.3. The molecule has 0 spiro atoms. The number of rotatable bonds is 1. The Bertz CT molecular complexity index is 889. The number of carbonyl (C=O) groups is 1. The Labute approximate surface area is 208 Å². The maximum atomic E-state index is 13.4. The van der Waals surface area contributed by atoms with E-state index in [0.717, 1.165) is 44.9 Å². The summed E-state index contributed by atoms with van der Waals surface area (Å²) in [7, 11) is 1.60. The van der Waals surface area contributed by atoms with Crippen molar-refractivity contribution in [1.29, 1.82) is 0 Å². The van der Waals surface area contributed by atoms with Crippen LogP contribution < -0.4 is 0 Å². The number of allylic oxidation sites excluding steroid dienone is 2. The summed E-state index contributed by atoms with van der Waals surface area (Å²) in [4.78, 5) is 13.4. The Morgan fingerprint density at radius 2 is 1.65 bits per heavy atom. The quantitative estimate of drug-likeness (QED) is 0.326. The number of fused-ring (bicyclic) bond motifs is 7. The topological polar surface area (TPSA) is 46.5 Å². The molecule has 0 aromatic heterocycles. The van der Waals surface area contributed by atoms with Crippen LogP contribution in [0.3, 0.4) is 0 Å². The lowest BCUT2D eigenvalue weighted by Crippen LogP contribution is -2.65. The van der Waals surface area contributed by atoms with Gasteiger partial charge in [-0.3, -0.25) is 4.79 Å². The third-order valence-electron chi connectivity index (χ3n) is 13.6. The predicted molar refractivity (Wildman–Crippen MR) is 137 cm³/mol.